The van der Waals surface area contributed by atoms with Crippen LogP contribution in [0.4, 0.5) is 4.39 Å². The average molecular weight is 383 g/mol. The van der Waals surface area contributed by atoms with Crippen molar-refractivity contribution < 1.29 is 22.3 Å². The van der Waals surface area contributed by atoms with Gasteiger partial charge in [-0.05, 0) is 20.0 Å². The molecule has 0 aliphatic heterocycles. The highest BCUT2D eigenvalue weighted by molar-refractivity contribution is 7.90. The van der Waals surface area contributed by atoms with Crippen molar-refractivity contribution in [1.82, 2.24) is 14.5 Å². The van der Waals surface area contributed by atoms with Gasteiger partial charge in [0.25, 0.3) is 0 Å². The number of benzene rings is 1. The first kappa shape index (κ1) is 20.1. The monoisotopic (exact) mass is 383 g/mol. The van der Waals surface area contributed by atoms with Crippen molar-refractivity contribution >= 4 is 15.8 Å². The van der Waals surface area contributed by atoms with Crippen LogP contribution in [0.15, 0.2) is 35.6 Å². The number of hydrogen-bond acceptors (Lipinski definition) is 6. The molecule has 0 radical (unpaired) electrons. The molecule has 0 spiro atoms. The van der Waals surface area contributed by atoms with E-state index in [9.17, 15) is 17.6 Å². The molecule has 26 heavy (non-hydrogen) atoms. The highest BCUT2D eigenvalue weighted by Crippen LogP contribution is 2.17. The van der Waals surface area contributed by atoms with Crippen LogP contribution in [0.25, 0.3) is 0 Å². The molecule has 0 bridgehead atoms. The number of imidazole rings is 1. The molecular formula is C17H22FN3O4S. The lowest BCUT2D eigenvalue weighted by Crippen LogP contribution is -2.28. The fourth-order valence-electron chi connectivity index (χ4n) is 2.54. The zero-order chi connectivity index (χ0) is 19.3. The van der Waals surface area contributed by atoms with E-state index < -0.39 is 15.7 Å². The lowest BCUT2D eigenvalue weighted by molar-refractivity contribution is -0.144. The fourth-order valence-corrected chi connectivity index (χ4v) is 3.37. The Morgan fingerprint density at radius 3 is 2.65 bits per heavy atom. The van der Waals surface area contributed by atoms with Crippen LogP contribution in [0.2, 0.25) is 0 Å². The third kappa shape index (κ3) is 5.12. The van der Waals surface area contributed by atoms with E-state index in [1.54, 1.807) is 37.1 Å². The van der Waals surface area contributed by atoms with Gasteiger partial charge in [-0.15, -0.1) is 0 Å². The normalized spacial score (nSPS) is 11.7. The van der Waals surface area contributed by atoms with Crippen molar-refractivity contribution in [2.75, 3.05) is 26.5 Å². The minimum Gasteiger partial charge on any atom is -0.465 e. The minimum absolute atomic E-state index is 0.0255. The number of halogens is 1. The first-order chi connectivity index (χ1) is 12.2. The van der Waals surface area contributed by atoms with Crippen molar-refractivity contribution in [3.8, 4) is 0 Å². The van der Waals surface area contributed by atoms with Crippen molar-refractivity contribution in [3.05, 3.63) is 47.5 Å². The van der Waals surface area contributed by atoms with Gasteiger partial charge in [-0.3, -0.25) is 9.69 Å². The maximum atomic E-state index is 14.0. The van der Waals surface area contributed by atoms with Gasteiger partial charge in [0.15, 0.2) is 0 Å². The summed E-state index contributed by atoms with van der Waals surface area (Å²) in [4.78, 5) is 17.3. The number of carbonyl (C=O) groups excluding carboxylic acids is 1. The molecule has 7 nitrogen and oxygen atoms in total. The Morgan fingerprint density at radius 1 is 1.35 bits per heavy atom. The molecule has 1 aromatic carbocycles. The smallest absolute Gasteiger partial charge is 0.320 e. The summed E-state index contributed by atoms with van der Waals surface area (Å²) in [6, 6.07) is 6.16. The molecule has 0 saturated heterocycles. The molecule has 2 rings (SSSR count). The molecule has 0 fully saturated rings. The summed E-state index contributed by atoms with van der Waals surface area (Å²) in [5.41, 5.74) is 0.908. The van der Waals surface area contributed by atoms with Gasteiger partial charge >= 0.3 is 5.97 Å². The van der Waals surface area contributed by atoms with Crippen molar-refractivity contribution in [1.29, 1.82) is 0 Å². The highest BCUT2D eigenvalue weighted by atomic mass is 32.2. The number of esters is 1. The van der Waals surface area contributed by atoms with Gasteiger partial charge in [-0.25, -0.2) is 17.8 Å². The van der Waals surface area contributed by atoms with Crippen LogP contribution in [-0.4, -0.2) is 55.3 Å². The van der Waals surface area contributed by atoms with Gasteiger partial charge in [-0.2, -0.15) is 0 Å². The predicted molar refractivity (Wildman–Crippen MR) is 93.8 cm³/mol. The quantitative estimate of drug-likeness (QED) is 0.642. The molecule has 0 amide bonds. The number of hydrogen-bond donors (Lipinski definition) is 0. The topological polar surface area (TPSA) is 81.5 Å². The van der Waals surface area contributed by atoms with Crippen LogP contribution in [-0.2, 0) is 32.5 Å². The first-order valence-electron chi connectivity index (χ1n) is 8.04. The zero-order valence-corrected chi connectivity index (χ0v) is 15.8. The Hall–Kier alpha value is -2.26. The summed E-state index contributed by atoms with van der Waals surface area (Å²) >= 11 is 0. The van der Waals surface area contributed by atoms with Crippen molar-refractivity contribution in [2.24, 2.45) is 0 Å². The standard InChI is InChI=1S/C17H22FN3O4S/c1-4-25-16(22)12-20(2)11-14-9-19-17(26(3,23)24)21(14)10-13-7-5-6-8-15(13)18/h5-9H,4,10-12H2,1-3H3. The molecule has 0 saturated carbocycles. The van der Waals surface area contributed by atoms with Gasteiger partial charge in [0.2, 0.25) is 15.0 Å². The van der Waals surface area contributed by atoms with E-state index in [0.717, 1.165) is 6.26 Å². The number of aromatic nitrogens is 2. The van der Waals surface area contributed by atoms with Crippen LogP contribution < -0.4 is 0 Å². The summed E-state index contributed by atoms with van der Waals surface area (Å²) in [5.74, 6) is -0.801. The Bertz CT molecular complexity index is 880. The fraction of sp³-hybridized carbons (Fsp3) is 0.412. The third-order valence-corrected chi connectivity index (χ3v) is 4.64. The maximum absolute atomic E-state index is 14.0. The van der Waals surface area contributed by atoms with E-state index >= 15 is 0 Å². The van der Waals surface area contributed by atoms with E-state index in [4.69, 9.17) is 4.74 Å². The summed E-state index contributed by atoms with van der Waals surface area (Å²) in [6.07, 6.45) is 2.48. The zero-order valence-electron chi connectivity index (χ0n) is 15.0. The van der Waals surface area contributed by atoms with E-state index in [1.807, 2.05) is 0 Å². The van der Waals surface area contributed by atoms with E-state index in [2.05, 4.69) is 4.98 Å². The van der Waals surface area contributed by atoms with Gasteiger partial charge in [0.1, 0.15) is 5.82 Å². The Labute approximate surface area is 152 Å². The SMILES string of the molecule is CCOC(=O)CN(C)Cc1cnc(S(C)(=O)=O)n1Cc1ccccc1F. The molecule has 1 aromatic heterocycles. The van der Waals surface area contributed by atoms with Crippen LogP contribution >= 0.6 is 0 Å². The van der Waals surface area contributed by atoms with E-state index in [0.29, 0.717) is 11.3 Å². The molecule has 2 aromatic rings. The van der Waals surface area contributed by atoms with Crippen LogP contribution in [0.5, 0.6) is 0 Å². The molecule has 0 atom stereocenters. The van der Waals surface area contributed by atoms with Crippen LogP contribution in [0.3, 0.4) is 0 Å². The van der Waals surface area contributed by atoms with Gasteiger partial charge in [-0.1, -0.05) is 18.2 Å². The number of nitrogens with zero attached hydrogens (tertiary/aromatic N) is 3. The first-order valence-corrected chi connectivity index (χ1v) is 9.93. The molecular weight excluding hydrogens is 361 g/mol. The number of likely N-dealkylation sites (N-methyl/N-ethyl adjacent to an activating group) is 1. The predicted octanol–water partition coefficient (Wildman–Crippen LogP) is 1.47. The molecule has 1 heterocycles. The van der Waals surface area contributed by atoms with E-state index in [1.165, 1.54) is 16.8 Å². The van der Waals surface area contributed by atoms with Crippen molar-refractivity contribution in [2.45, 2.75) is 25.2 Å². The van der Waals surface area contributed by atoms with E-state index in [-0.39, 0.29) is 37.4 Å². The number of ether oxygens (including phenoxy) is 1. The molecule has 142 valence electrons. The number of sulfone groups is 1. The third-order valence-electron chi connectivity index (χ3n) is 3.66. The number of carbonyl (C=O) groups is 1. The second kappa shape index (κ2) is 8.41. The second-order valence-electron chi connectivity index (χ2n) is 5.96. The van der Waals surface area contributed by atoms with Gasteiger partial charge in [0, 0.05) is 18.4 Å². The lowest BCUT2D eigenvalue weighted by Gasteiger charge is -2.18. The Morgan fingerprint density at radius 2 is 2.04 bits per heavy atom. The van der Waals surface area contributed by atoms with Crippen molar-refractivity contribution in [3.63, 3.8) is 0 Å². The summed E-state index contributed by atoms with van der Waals surface area (Å²) < 4.78 is 44.4. The molecule has 9 heteroatoms. The lowest BCUT2D eigenvalue weighted by atomic mass is 10.2. The maximum Gasteiger partial charge on any atom is 0.320 e. The summed E-state index contributed by atoms with van der Waals surface area (Å²) in [6.45, 7) is 2.34. The van der Waals surface area contributed by atoms with Crippen LogP contribution in [0, 0.1) is 5.82 Å². The minimum atomic E-state index is -3.59. The Balaban J connectivity index is 2.31. The second-order valence-corrected chi connectivity index (χ2v) is 7.87. The van der Waals surface area contributed by atoms with Gasteiger partial charge < -0.3 is 9.30 Å². The largest absolute Gasteiger partial charge is 0.465 e. The van der Waals surface area contributed by atoms with Gasteiger partial charge in [0.05, 0.1) is 31.6 Å². The Kier molecular flexibility index (Phi) is 6.49. The molecule has 0 unspecified atom stereocenters. The van der Waals surface area contributed by atoms with Crippen LogP contribution in [0.1, 0.15) is 18.2 Å². The molecule has 0 aliphatic rings. The summed E-state index contributed by atoms with van der Waals surface area (Å²) in [5, 5.41) is -0.139. The molecule has 0 aliphatic carbocycles. The molecule has 0 N–H and O–H groups in total. The highest BCUT2D eigenvalue weighted by Gasteiger charge is 2.21. The number of rotatable bonds is 8. The summed E-state index contributed by atoms with van der Waals surface area (Å²) in [7, 11) is -1.89. The average Bonchev–Trinajstić information content (AvgIpc) is 2.92.